The average molecular weight is 310 g/mol. The van der Waals surface area contributed by atoms with Crippen molar-refractivity contribution >= 4 is 17.8 Å². The van der Waals surface area contributed by atoms with Crippen LogP contribution in [0.3, 0.4) is 0 Å². The molecule has 1 aromatic rings. The molecule has 0 bridgehead atoms. The molecule has 8 heteroatoms. The summed E-state index contributed by atoms with van der Waals surface area (Å²) < 4.78 is 0. The highest BCUT2D eigenvalue weighted by Crippen LogP contribution is 2.06. The van der Waals surface area contributed by atoms with E-state index in [9.17, 15) is 19.5 Å². The monoisotopic (exact) mass is 310 g/mol. The third-order valence-electron chi connectivity index (χ3n) is 2.99. The second-order valence-corrected chi connectivity index (χ2v) is 5.56. The van der Waals surface area contributed by atoms with Crippen LogP contribution < -0.4 is 10.6 Å². The predicted molar refractivity (Wildman–Crippen MR) is 78.9 cm³/mol. The Morgan fingerprint density at radius 3 is 2.41 bits per heavy atom. The number of carboxylic acids is 1. The standard InChI is InChI=1S/C14H22N4O4/c1-8(2)4-12(14(21)22)18-13(20)11(17-9(3)19)5-10-6-15-7-16-10/h6-8,11-12H,4-5H2,1-3H3,(H,15,16)(H,17,19)(H,18,20)(H,21,22)/t11-,12-/m0/s1. The molecule has 8 nitrogen and oxygen atoms in total. The molecule has 1 rings (SSSR count). The molecule has 0 aliphatic heterocycles. The summed E-state index contributed by atoms with van der Waals surface area (Å²) in [4.78, 5) is 41.4. The molecule has 0 spiro atoms. The summed E-state index contributed by atoms with van der Waals surface area (Å²) >= 11 is 0. The van der Waals surface area contributed by atoms with Gasteiger partial charge in [-0.1, -0.05) is 13.8 Å². The zero-order chi connectivity index (χ0) is 16.7. The number of carboxylic acid groups (broad SMARTS) is 1. The van der Waals surface area contributed by atoms with Crippen LogP contribution in [0.2, 0.25) is 0 Å². The Kier molecular flexibility index (Phi) is 6.55. The maximum atomic E-state index is 12.3. The van der Waals surface area contributed by atoms with E-state index in [1.54, 1.807) is 6.20 Å². The van der Waals surface area contributed by atoms with Crippen LogP contribution in [0.4, 0.5) is 0 Å². The van der Waals surface area contributed by atoms with Gasteiger partial charge in [0.2, 0.25) is 11.8 Å². The number of carbonyl (C=O) groups excluding carboxylic acids is 2. The number of amides is 2. The van der Waals surface area contributed by atoms with E-state index >= 15 is 0 Å². The van der Waals surface area contributed by atoms with Gasteiger partial charge in [-0.15, -0.1) is 0 Å². The maximum Gasteiger partial charge on any atom is 0.326 e. The second-order valence-electron chi connectivity index (χ2n) is 5.56. The summed E-state index contributed by atoms with van der Waals surface area (Å²) in [5.74, 6) is -1.87. The molecule has 22 heavy (non-hydrogen) atoms. The minimum atomic E-state index is -1.09. The number of H-pyrrole nitrogens is 1. The van der Waals surface area contributed by atoms with Crippen molar-refractivity contribution in [1.82, 2.24) is 20.6 Å². The van der Waals surface area contributed by atoms with E-state index in [4.69, 9.17) is 0 Å². The smallest absolute Gasteiger partial charge is 0.326 e. The first-order valence-corrected chi connectivity index (χ1v) is 7.07. The molecule has 2 amide bonds. The fraction of sp³-hybridized carbons (Fsp3) is 0.571. The highest BCUT2D eigenvalue weighted by Gasteiger charge is 2.26. The van der Waals surface area contributed by atoms with Gasteiger partial charge in [-0.05, 0) is 12.3 Å². The van der Waals surface area contributed by atoms with Gasteiger partial charge in [0.25, 0.3) is 0 Å². The molecular weight excluding hydrogens is 288 g/mol. The van der Waals surface area contributed by atoms with Gasteiger partial charge in [0.1, 0.15) is 12.1 Å². The van der Waals surface area contributed by atoms with Crippen molar-refractivity contribution in [2.24, 2.45) is 5.92 Å². The van der Waals surface area contributed by atoms with Crippen molar-refractivity contribution < 1.29 is 19.5 Å². The molecular formula is C14H22N4O4. The van der Waals surface area contributed by atoms with Crippen LogP contribution >= 0.6 is 0 Å². The highest BCUT2D eigenvalue weighted by molar-refractivity contribution is 5.90. The van der Waals surface area contributed by atoms with Gasteiger partial charge < -0.3 is 20.7 Å². The van der Waals surface area contributed by atoms with Crippen molar-refractivity contribution in [3.8, 4) is 0 Å². The molecule has 4 N–H and O–H groups in total. The van der Waals surface area contributed by atoms with E-state index in [2.05, 4.69) is 20.6 Å². The third kappa shape index (κ3) is 5.94. The van der Waals surface area contributed by atoms with Crippen LogP contribution in [0, 0.1) is 5.92 Å². The van der Waals surface area contributed by atoms with Crippen molar-refractivity contribution in [3.05, 3.63) is 18.2 Å². The van der Waals surface area contributed by atoms with Gasteiger partial charge >= 0.3 is 5.97 Å². The quantitative estimate of drug-likeness (QED) is 0.541. The van der Waals surface area contributed by atoms with Gasteiger partial charge in [-0.3, -0.25) is 9.59 Å². The number of rotatable bonds is 8. The van der Waals surface area contributed by atoms with Crippen LogP contribution in [0.1, 0.15) is 32.9 Å². The Balaban J connectivity index is 2.76. The topological polar surface area (TPSA) is 124 Å². The molecule has 0 unspecified atom stereocenters. The van der Waals surface area contributed by atoms with Crippen molar-refractivity contribution in [2.75, 3.05) is 0 Å². The summed E-state index contributed by atoms with van der Waals surface area (Å²) in [7, 11) is 0. The number of carbonyl (C=O) groups is 3. The van der Waals surface area contributed by atoms with Crippen LogP contribution in [-0.2, 0) is 20.8 Å². The SMILES string of the molecule is CC(=O)N[C@@H](Cc1cnc[nH]1)C(=O)N[C@@H](CC(C)C)C(=O)O. The zero-order valence-corrected chi connectivity index (χ0v) is 12.9. The van der Waals surface area contributed by atoms with E-state index < -0.39 is 24.0 Å². The number of imidazole rings is 1. The largest absolute Gasteiger partial charge is 0.480 e. The molecule has 0 aromatic carbocycles. The molecule has 0 radical (unpaired) electrons. The van der Waals surface area contributed by atoms with E-state index in [0.717, 1.165) is 0 Å². The first-order valence-electron chi connectivity index (χ1n) is 7.07. The van der Waals surface area contributed by atoms with Crippen molar-refractivity contribution in [2.45, 2.75) is 45.7 Å². The zero-order valence-electron chi connectivity index (χ0n) is 12.9. The Hall–Kier alpha value is -2.38. The van der Waals surface area contributed by atoms with Gasteiger partial charge in [0.15, 0.2) is 0 Å². The number of nitrogens with one attached hydrogen (secondary N) is 3. The highest BCUT2D eigenvalue weighted by atomic mass is 16.4. The Morgan fingerprint density at radius 1 is 1.27 bits per heavy atom. The minimum absolute atomic E-state index is 0.119. The normalized spacial score (nSPS) is 13.5. The lowest BCUT2D eigenvalue weighted by molar-refractivity contribution is -0.142. The molecule has 1 aromatic heterocycles. The first-order chi connectivity index (χ1) is 10.3. The fourth-order valence-electron chi connectivity index (χ4n) is 2.04. The van der Waals surface area contributed by atoms with E-state index in [1.165, 1.54) is 13.3 Å². The summed E-state index contributed by atoms with van der Waals surface area (Å²) in [6.07, 6.45) is 3.54. The van der Waals surface area contributed by atoms with Crippen LogP contribution in [-0.4, -0.2) is 44.9 Å². The predicted octanol–water partition coefficient (Wildman–Crippen LogP) is 0.0724. The van der Waals surface area contributed by atoms with Crippen LogP contribution in [0.5, 0.6) is 0 Å². The number of hydrogen-bond acceptors (Lipinski definition) is 4. The summed E-state index contributed by atoms with van der Waals surface area (Å²) in [5, 5.41) is 14.2. The Labute approximate surface area is 128 Å². The molecule has 0 aliphatic rings. The lowest BCUT2D eigenvalue weighted by Crippen LogP contribution is -2.52. The van der Waals surface area contributed by atoms with E-state index in [-0.39, 0.29) is 18.2 Å². The minimum Gasteiger partial charge on any atom is -0.480 e. The lowest BCUT2D eigenvalue weighted by Gasteiger charge is -2.21. The molecule has 0 fully saturated rings. The van der Waals surface area contributed by atoms with Gasteiger partial charge in [0.05, 0.1) is 6.33 Å². The third-order valence-corrected chi connectivity index (χ3v) is 2.99. The number of aromatic amines is 1. The van der Waals surface area contributed by atoms with Crippen LogP contribution in [0.25, 0.3) is 0 Å². The van der Waals surface area contributed by atoms with Crippen molar-refractivity contribution in [1.29, 1.82) is 0 Å². The molecule has 0 saturated heterocycles. The van der Waals surface area contributed by atoms with Gasteiger partial charge in [0, 0.05) is 25.2 Å². The molecule has 1 heterocycles. The maximum absolute atomic E-state index is 12.3. The molecule has 0 aliphatic carbocycles. The van der Waals surface area contributed by atoms with Gasteiger partial charge in [-0.2, -0.15) is 0 Å². The van der Waals surface area contributed by atoms with Crippen LogP contribution in [0.15, 0.2) is 12.5 Å². The summed E-state index contributed by atoms with van der Waals surface area (Å²) in [6.45, 7) is 5.05. The lowest BCUT2D eigenvalue weighted by atomic mass is 10.0. The molecule has 2 atom stereocenters. The number of nitrogens with zero attached hydrogens (tertiary/aromatic N) is 1. The van der Waals surface area contributed by atoms with E-state index in [1.807, 2.05) is 13.8 Å². The van der Waals surface area contributed by atoms with Gasteiger partial charge in [-0.25, -0.2) is 9.78 Å². The van der Waals surface area contributed by atoms with Crippen molar-refractivity contribution in [3.63, 3.8) is 0 Å². The number of aromatic nitrogens is 2. The summed E-state index contributed by atoms with van der Waals surface area (Å²) in [6, 6.07) is -1.84. The Morgan fingerprint density at radius 2 is 1.95 bits per heavy atom. The van der Waals surface area contributed by atoms with E-state index in [0.29, 0.717) is 12.1 Å². The number of hydrogen-bond donors (Lipinski definition) is 4. The summed E-state index contributed by atoms with van der Waals surface area (Å²) in [5.41, 5.74) is 0.671. The fourth-order valence-corrected chi connectivity index (χ4v) is 2.04. The molecule has 0 saturated carbocycles. The Bertz CT molecular complexity index is 513. The molecule has 122 valence electrons. The first kappa shape index (κ1) is 17.7. The average Bonchev–Trinajstić information content (AvgIpc) is 2.88. The number of aliphatic carboxylic acids is 1. The second kappa shape index (κ2) is 8.16.